The van der Waals surface area contributed by atoms with Crippen LogP contribution in [0.5, 0.6) is 0 Å². The summed E-state index contributed by atoms with van der Waals surface area (Å²) in [4.78, 5) is 52.0. The van der Waals surface area contributed by atoms with Gasteiger partial charge >= 0.3 is 6.03 Å². The number of nitrogens with one attached hydrogen (secondary N) is 3. The molecule has 0 radical (unpaired) electrons. The fourth-order valence-electron chi connectivity index (χ4n) is 4.39. The van der Waals surface area contributed by atoms with Gasteiger partial charge in [-0.3, -0.25) is 19.3 Å². The van der Waals surface area contributed by atoms with Crippen molar-refractivity contribution in [3.05, 3.63) is 102 Å². The molecule has 0 fully saturated rings. The van der Waals surface area contributed by atoms with Crippen molar-refractivity contribution in [2.45, 2.75) is 12.8 Å². The Morgan fingerprint density at radius 1 is 0.649 bits per heavy atom. The number of imide groups is 1. The van der Waals surface area contributed by atoms with E-state index in [1.54, 1.807) is 60.7 Å². The van der Waals surface area contributed by atoms with Crippen molar-refractivity contribution in [1.29, 1.82) is 0 Å². The molecule has 1 aliphatic heterocycles. The smallest absolute Gasteiger partial charge is 0.323 e. The summed E-state index contributed by atoms with van der Waals surface area (Å²) in [7, 11) is 0. The number of carbonyl (C=O) groups excluding carboxylic acids is 4. The first-order chi connectivity index (χ1) is 18.0. The zero-order valence-corrected chi connectivity index (χ0v) is 19.9. The molecule has 4 aromatic carbocycles. The molecule has 5 rings (SSSR count). The lowest BCUT2D eigenvalue weighted by atomic mass is 9.94. The molecule has 184 valence electrons. The molecule has 8 nitrogen and oxygen atoms in total. The topological polar surface area (TPSA) is 108 Å². The summed E-state index contributed by atoms with van der Waals surface area (Å²) < 4.78 is 0. The maximum Gasteiger partial charge on any atom is 0.323 e. The predicted octanol–water partition coefficient (Wildman–Crippen LogP) is 5.50. The van der Waals surface area contributed by atoms with E-state index in [1.165, 1.54) is 4.90 Å². The molecule has 0 saturated carbocycles. The van der Waals surface area contributed by atoms with Crippen LogP contribution in [0.3, 0.4) is 0 Å². The molecule has 5 amide bonds. The fraction of sp³-hybridized carbons (Fsp3) is 0.103. The summed E-state index contributed by atoms with van der Waals surface area (Å²) in [6.45, 7) is 0.136. The van der Waals surface area contributed by atoms with Gasteiger partial charge in [-0.1, -0.05) is 48.5 Å². The molecule has 0 spiro atoms. The summed E-state index contributed by atoms with van der Waals surface area (Å²) in [5.41, 5.74) is 2.70. The second-order valence-electron chi connectivity index (χ2n) is 8.65. The van der Waals surface area contributed by atoms with Gasteiger partial charge in [0, 0.05) is 46.5 Å². The van der Waals surface area contributed by atoms with Crippen molar-refractivity contribution in [3.8, 4) is 0 Å². The fourth-order valence-corrected chi connectivity index (χ4v) is 4.39. The maximum atomic E-state index is 13.0. The normalized spacial score (nSPS) is 12.4. The third-order valence-electron chi connectivity index (χ3n) is 6.08. The van der Waals surface area contributed by atoms with Crippen LogP contribution in [-0.4, -0.2) is 35.2 Å². The molecule has 37 heavy (non-hydrogen) atoms. The number of carbonyl (C=O) groups is 4. The third kappa shape index (κ3) is 5.18. The minimum Gasteiger partial charge on any atom is -0.326 e. The Kier molecular flexibility index (Phi) is 6.63. The first kappa shape index (κ1) is 23.7. The van der Waals surface area contributed by atoms with Crippen molar-refractivity contribution in [2.24, 2.45) is 0 Å². The number of anilines is 3. The Bertz CT molecular complexity index is 1470. The molecule has 0 saturated heterocycles. The van der Waals surface area contributed by atoms with Gasteiger partial charge in [0.2, 0.25) is 5.91 Å². The van der Waals surface area contributed by atoms with E-state index in [9.17, 15) is 19.2 Å². The van der Waals surface area contributed by atoms with Crippen molar-refractivity contribution >= 4 is 51.6 Å². The Morgan fingerprint density at radius 2 is 1.22 bits per heavy atom. The summed E-state index contributed by atoms with van der Waals surface area (Å²) in [5.74, 6) is -0.949. The van der Waals surface area contributed by atoms with Crippen LogP contribution in [0, 0.1) is 0 Å². The van der Waals surface area contributed by atoms with Crippen molar-refractivity contribution < 1.29 is 19.2 Å². The number of nitrogens with zero attached hydrogens (tertiary/aromatic N) is 1. The molecule has 0 unspecified atom stereocenters. The number of hydrogen-bond donors (Lipinski definition) is 3. The van der Waals surface area contributed by atoms with E-state index in [1.807, 2.05) is 30.3 Å². The number of amides is 5. The quantitative estimate of drug-likeness (QED) is 0.296. The van der Waals surface area contributed by atoms with E-state index in [0.717, 1.165) is 5.39 Å². The van der Waals surface area contributed by atoms with Crippen LogP contribution >= 0.6 is 0 Å². The zero-order valence-electron chi connectivity index (χ0n) is 19.9. The molecule has 0 aliphatic carbocycles. The lowest BCUT2D eigenvalue weighted by Crippen LogP contribution is -2.41. The first-order valence-corrected chi connectivity index (χ1v) is 11.9. The van der Waals surface area contributed by atoms with Gasteiger partial charge in [0.25, 0.3) is 11.8 Å². The number of rotatable bonds is 7. The van der Waals surface area contributed by atoms with Crippen LogP contribution in [0.15, 0.2) is 91.0 Å². The molecule has 0 bridgehead atoms. The molecular formula is C29H24N4O4. The average Bonchev–Trinajstić information content (AvgIpc) is 2.90. The molecule has 8 heteroatoms. The van der Waals surface area contributed by atoms with Crippen molar-refractivity contribution in [2.75, 3.05) is 22.5 Å². The van der Waals surface area contributed by atoms with Gasteiger partial charge < -0.3 is 16.0 Å². The Labute approximate surface area is 213 Å². The first-order valence-electron chi connectivity index (χ1n) is 11.9. The Balaban J connectivity index is 1.15. The van der Waals surface area contributed by atoms with Crippen LogP contribution in [0.25, 0.3) is 10.8 Å². The molecule has 0 atom stereocenters. The minimum absolute atomic E-state index is 0.120. The standard InChI is InChI=1S/C29H24N4O4/c34-25(30-21-12-6-13-22(18-21)32-29(37)31-20-10-2-1-3-11-20)16-7-17-33-27(35)23-14-4-8-19-9-5-15-24(26(19)23)28(33)36/h1-6,8-15,18H,7,16-17H2,(H,30,34)(H2,31,32,37). The SMILES string of the molecule is O=C(CCCN1C(=O)c2cccc3cccc(c23)C1=O)Nc1cccc(NC(=O)Nc2ccccc2)c1. The number of para-hydroxylation sites is 1. The molecule has 0 aromatic heterocycles. The minimum atomic E-state index is -0.400. The highest BCUT2D eigenvalue weighted by atomic mass is 16.2. The van der Waals surface area contributed by atoms with E-state index in [0.29, 0.717) is 40.0 Å². The van der Waals surface area contributed by atoms with E-state index >= 15 is 0 Å². The molecule has 3 N–H and O–H groups in total. The maximum absolute atomic E-state index is 13.0. The molecule has 4 aromatic rings. The zero-order chi connectivity index (χ0) is 25.8. The molecule has 1 aliphatic rings. The van der Waals surface area contributed by atoms with Gasteiger partial charge in [-0.2, -0.15) is 0 Å². The van der Waals surface area contributed by atoms with Gasteiger partial charge in [0.1, 0.15) is 0 Å². The van der Waals surface area contributed by atoms with Gasteiger partial charge in [0.15, 0.2) is 0 Å². The second kappa shape index (κ2) is 10.3. The average molecular weight is 493 g/mol. The highest BCUT2D eigenvalue weighted by Gasteiger charge is 2.32. The van der Waals surface area contributed by atoms with Gasteiger partial charge in [-0.25, -0.2) is 4.79 Å². The van der Waals surface area contributed by atoms with Crippen molar-refractivity contribution in [3.63, 3.8) is 0 Å². The van der Waals surface area contributed by atoms with Crippen LogP contribution in [0.1, 0.15) is 33.6 Å². The van der Waals surface area contributed by atoms with Gasteiger partial charge in [-0.15, -0.1) is 0 Å². The Hall–Kier alpha value is -4.98. The van der Waals surface area contributed by atoms with E-state index in [-0.39, 0.29) is 30.7 Å². The number of urea groups is 1. The largest absolute Gasteiger partial charge is 0.326 e. The predicted molar refractivity (Wildman–Crippen MR) is 143 cm³/mol. The number of benzene rings is 4. The monoisotopic (exact) mass is 492 g/mol. The highest BCUT2D eigenvalue weighted by molar-refractivity contribution is 6.25. The summed E-state index contributed by atoms with van der Waals surface area (Å²) in [6.07, 6.45) is 0.438. The lowest BCUT2D eigenvalue weighted by molar-refractivity contribution is -0.116. The van der Waals surface area contributed by atoms with Gasteiger partial charge in [-0.05, 0) is 54.3 Å². The van der Waals surface area contributed by atoms with Crippen LogP contribution in [0.4, 0.5) is 21.9 Å². The molecular weight excluding hydrogens is 468 g/mol. The third-order valence-corrected chi connectivity index (χ3v) is 6.08. The summed E-state index contributed by atoms with van der Waals surface area (Å²) in [5, 5.41) is 9.80. The Morgan fingerprint density at radius 3 is 1.89 bits per heavy atom. The summed E-state index contributed by atoms with van der Waals surface area (Å²) in [6, 6.07) is 26.3. The number of hydrogen-bond acceptors (Lipinski definition) is 4. The van der Waals surface area contributed by atoms with Crippen molar-refractivity contribution in [1.82, 2.24) is 4.90 Å². The van der Waals surface area contributed by atoms with Crippen LogP contribution < -0.4 is 16.0 Å². The van der Waals surface area contributed by atoms with Gasteiger partial charge in [0.05, 0.1) is 0 Å². The summed E-state index contributed by atoms with van der Waals surface area (Å²) >= 11 is 0. The van der Waals surface area contributed by atoms with Crippen LogP contribution in [0.2, 0.25) is 0 Å². The lowest BCUT2D eigenvalue weighted by Gasteiger charge is -2.27. The molecule has 1 heterocycles. The van der Waals surface area contributed by atoms with E-state index in [2.05, 4.69) is 16.0 Å². The van der Waals surface area contributed by atoms with E-state index < -0.39 is 6.03 Å². The van der Waals surface area contributed by atoms with Crippen LogP contribution in [-0.2, 0) is 4.79 Å². The second-order valence-corrected chi connectivity index (χ2v) is 8.65. The van der Waals surface area contributed by atoms with E-state index in [4.69, 9.17) is 0 Å². The highest BCUT2D eigenvalue weighted by Crippen LogP contribution is 2.30.